The van der Waals surface area contributed by atoms with Crippen LogP contribution in [0.5, 0.6) is 0 Å². The Kier molecular flexibility index (Phi) is 7.48. The van der Waals surface area contributed by atoms with E-state index < -0.39 is 16.9 Å². The van der Waals surface area contributed by atoms with Crippen molar-refractivity contribution in [1.29, 1.82) is 0 Å². The maximum absolute atomic E-state index is 12.8. The minimum absolute atomic E-state index is 0.134. The number of rotatable bonds is 7. The highest BCUT2D eigenvalue weighted by Gasteiger charge is 2.45. The largest absolute Gasteiger partial charge is 0.450 e. The Morgan fingerprint density at radius 1 is 1.31 bits per heavy atom. The third-order valence-electron chi connectivity index (χ3n) is 5.23. The first-order valence-electron chi connectivity index (χ1n) is 9.74. The zero-order valence-electron chi connectivity index (χ0n) is 16.6. The fourth-order valence-corrected chi connectivity index (χ4v) is 6.04. The second-order valence-corrected chi connectivity index (χ2v) is 9.80. The van der Waals surface area contributed by atoms with Crippen LogP contribution in [0.25, 0.3) is 0 Å². The van der Waals surface area contributed by atoms with E-state index >= 15 is 0 Å². The third kappa shape index (κ3) is 5.26. The molecule has 2 aliphatic rings. The molecule has 29 heavy (non-hydrogen) atoms. The zero-order valence-corrected chi connectivity index (χ0v) is 18.2. The van der Waals surface area contributed by atoms with Gasteiger partial charge in [-0.05, 0) is 43.7 Å². The number of thioether (sulfide) groups is 2. The van der Waals surface area contributed by atoms with Crippen LogP contribution in [0.3, 0.4) is 0 Å². The van der Waals surface area contributed by atoms with Crippen molar-refractivity contribution in [3.63, 3.8) is 0 Å². The number of carbonyl (C=O) groups excluding carboxylic acids is 3. The number of nitrogens with one attached hydrogen (secondary N) is 3. The minimum atomic E-state index is -0.839. The van der Waals surface area contributed by atoms with E-state index in [9.17, 15) is 14.4 Å². The molecule has 0 radical (unpaired) electrons. The summed E-state index contributed by atoms with van der Waals surface area (Å²) >= 11 is 3.40. The van der Waals surface area contributed by atoms with E-state index in [2.05, 4.69) is 22.9 Å². The van der Waals surface area contributed by atoms with Crippen molar-refractivity contribution >= 4 is 41.8 Å². The molecule has 2 saturated heterocycles. The highest BCUT2D eigenvalue weighted by atomic mass is 32.2. The van der Waals surface area contributed by atoms with Gasteiger partial charge in [0, 0.05) is 23.9 Å². The van der Waals surface area contributed by atoms with Crippen LogP contribution in [0.1, 0.15) is 42.2 Å². The molecule has 1 aromatic rings. The van der Waals surface area contributed by atoms with Crippen LogP contribution >= 0.6 is 23.5 Å². The van der Waals surface area contributed by atoms with Gasteiger partial charge in [-0.1, -0.05) is 12.1 Å². The molecule has 0 bridgehead atoms. The summed E-state index contributed by atoms with van der Waals surface area (Å²) in [6.45, 7) is 4.26. The van der Waals surface area contributed by atoms with Crippen LogP contribution in [0.15, 0.2) is 24.3 Å². The summed E-state index contributed by atoms with van der Waals surface area (Å²) in [5, 5.41) is 9.14. The number of hydrogen-bond donors (Lipinski definition) is 3. The van der Waals surface area contributed by atoms with E-state index in [-0.39, 0.29) is 19.1 Å². The Balaban J connectivity index is 1.62. The van der Waals surface area contributed by atoms with Crippen molar-refractivity contribution in [1.82, 2.24) is 16.0 Å². The molecule has 2 fully saturated rings. The summed E-state index contributed by atoms with van der Waals surface area (Å²) in [5.41, 5.74) is 0.876. The molecule has 4 atom stereocenters. The molecule has 3 rings (SSSR count). The third-order valence-corrected chi connectivity index (χ3v) is 7.75. The molecule has 0 aliphatic carbocycles. The van der Waals surface area contributed by atoms with Gasteiger partial charge in [0.05, 0.1) is 22.8 Å². The van der Waals surface area contributed by atoms with Crippen LogP contribution in [-0.2, 0) is 9.53 Å². The molecule has 2 amide bonds. The SMILES string of the molecule is CCOC(=O)NCC1(C=O)CCSC1NC(=O)c1ccc(C2CSC(C)N2)cc1. The van der Waals surface area contributed by atoms with Gasteiger partial charge in [0.1, 0.15) is 6.29 Å². The van der Waals surface area contributed by atoms with Crippen LogP contribution in [0, 0.1) is 5.41 Å². The predicted octanol–water partition coefficient (Wildman–Crippen LogP) is 2.53. The molecule has 9 heteroatoms. The highest BCUT2D eigenvalue weighted by molar-refractivity contribution is 8.00. The molecule has 1 aromatic carbocycles. The van der Waals surface area contributed by atoms with Crippen molar-refractivity contribution in [3.05, 3.63) is 35.4 Å². The van der Waals surface area contributed by atoms with Crippen LogP contribution in [-0.4, -0.2) is 53.7 Å². The van der Waals surface area contributed by atoms with Gasteiger partial charge >= 0.3 is 6.09 Å². The molecule has 3 N–H and O–H groups in total. The van der Waals surface area contributed by atoms with Crippen LogP contribution < -0.4 is 16.0 Å². The van der Waals surface area contributed by atoms with Gasteiger partial charge < -0.3 is 20.2 Å². The monoisotopic (exact) mass is 437 g/mol. The van der Waals surface area contributed by atoms with Crippen molar-refractivity contribution in [2.45, 2.75) is 37.1 Å². The van der Waals surface area contributed by atoms with Gasteiger partial charge in [-0.15, -0.1) is 23.5 Å². The van der Waals surface area contributed by atoms with Crippen LogP contribution in [0.4, 0.5) is 4.79 Å². The lowest BCUT2D eigenvalue weighted by atomic mass is 9.86. The number of alkyl carbamates (subject to hydrolysis) is 1. The highest BCUT2D eigenvalue weighted by Crippen LogP contribution is 2.40. The summed E-state index contributed by atoms with van der Waals surface area (Å²) in [4.78, 5) is 36.3. The molecule has 0 aromatic heterocycles. The Bertz CT molecular complexity index is 746. The number of aldehydes is 1. The predicted molar refractivity (Wildman–Crippen MR) is 116 cm³/mol. The maximum atomic E-state index is 12.8. The molecular weight excluding hydrogens is 410 g/mol. The Hall–Kier alpha value is -1.71. The van der Waals surface area contributed by atoms with Crippen molar-refractivity contribution in [2.75, 3.05) is 24.7 Å². The first-order chi connectivity index (χ1) is 14.0. The molecule has 4 unspecified atom stereocenters. The Labute approximate surface area is 179 Å². The lowest BCUT2D eigenvalue weighted by molar-refractivity contribution is -0.116. The van der Waals surface area contributed by atoms with Gasteiger partial charge in [-0.25, -0.2) is 4.79 Å². The number of carbonyl (C=O) groups is 3. The van der Waals surface area contributed by atoms with E-state index in [0.717, 1.165) is 23.4 Å². The van der Waals surface area contributed by atoms with E-state index in [4.69, 9.17) is 4.74 Å². The van der Waals surface area contributed by atoms with Crippen LogP contribution in [0.2, 0.25) is 0 Å². The Morgan fingerprint density at radius 2 is 2.07 bits per heavy atom. The summed E-state index contributed by atoms with van der Waals surface area (Å²) in [6, 6.07) is 7.89. The average Bonchev–Trinajstić information content (AvgIpc) is 3.33. The topological polar surface area (TPSA) is 96.5 Å². The van der Waals surface area contributed by atoms with Gasteiger partial charge in [0.25, 0.3) is 5.91 Å². The minimum Gasteiger partial charge on any atom is -0.450 e. The molecule has 0 spiro atoms. The van der Waals surface area contributed by atoms with E-state index in [1.165, 1.54) is 11.8 Å². The van der Waals surface area contributed by atoms with Crippen molar-refractivity contribution in [2.24, 2.45) is 5.41 Å². The molecular formula is C20H27N3O4S2. The lowest BCUT2D eigenvalue weighted by Crippen LogP contribution is -2.50. The summed E-state index contributed by atoms with van der Waals surface area (Å²) in [5.74, 6) is 1.53. The number of benzene rings is 1. The second-order valence-electron chi connectivity index (χ2n) is 7.22. The van der Waals surface area contributed by atoms with Gasteiger partial charge in [-0.2, -0.15) is 0 Å². The van der Waals surface area contributed by atoms with E-state index in [0.29, 0.717) is 23.4 Å². The fraction of sp³-hybridized carbons (Fsp3) is 0.550. The van der Waals surface area contributed by atoms with Crippen molar-refractivity contribution in [3.8, 4) is 0 Å². The first kappa shape index (κ1) is 22.0. The molecule has 158 valence electrons. The maximum Gasteiger partial charge on any atom is 0.407 e. The second kappa shape index (κ2) is 9.86. The summed E-state index contributed by atoms with van der Waals surface area (Å²) < 4.78 is 4.87. The van der Waals surface area contributed by atoms with Crippen molar-refractivity contribution < 1.29 is 19.1 Å². The van der Waals surface area contributed by atoms with Gasteiger partial charge in [0.2, 0.25) is 0 Å². The van der Waals surface area contributed by atoms with E-state index in [1.807, 2.05) is 36.0 Å². The molecule has 7 nitrogen and oxygen atoms in total. The first-order valence-corrected chi connectivity index (χ1v) is 11.8. The van der Waals surface area contributed by atoms with E-state index in [1.54, 1.807) is 6.92 Å². The zero-order chi connectivity index (χ0) is 20.9. The molecule has 2 heterocycles. The van der Waals surface area contributed by atoms with Gasteiger partial charge in [0.15, 0.2) is 0 Å². The standard InChI is InChI=1S/C20H27N3O4S2/c1-3-27-19(26)21-11-20(12-24)8-9-28-18(20)23-17(25)15-6-4-14(5-7-15)16-10-29-13(2)22-16/h4-7,12-13,16,18,22H,3,8-11H2,1-2H3,(H,21,26)(H,23,25). The normalized spacial score (nSPS) is 28.7. The fourth-order valence-electron chi connectivity index (χ4n) is 3.49. The smallest absolute Gasteiger partial charge is 0.407 e. The number of hydrogen-bond acceptors (Lipinski definition) is 7. The van der Waals surface area contributed by atoms with Gasteiger partial charge in [-0.3, -0.25) is 10.1 Å². The number of amides is 2. The number of ether oxygens (including phenoxy) is 1. The quantitative estimate of drug-likeness (QED) is 0.564. The summed E-state index contributed by atoms with van der Waals surface area (Å²) in [6.07, 6.45) is 0.873. The Morgan fingerprint density at radius 3 is 2.69 bits per heavy atom. The molecule has 2 aliphatic heterocycles. The lowest BCUT2D eigenvalue weighted by Gasteiger charge is -2.29. The summed E-state index contributed by atoms with van der Waals surface area (Å²) in [7, 11) is 0. The average molecular weight is 438 g/mol. The molecule has 0 saturated carbocycles.